The van der Waals surface area contributed by atoms with Crippen LogP contribution in [0.2, 0.25) is 0 Å². The molecule has 0 aromatic carbocycles. The molecular weight excluding hydrogens is 449 g/mol. The van der Waals surface area contributed by atoms with Crippen molar-refractivity contribution < 1.29 is 4.52 Å². The Hall–Kier alpha value is -1.16. The van der Waals surface area contributed by atoms with Gasteiger partial charge in [-0.25, -0.2) is 9.98 Å². The normalized spacial score (nSPS) is 11.3. The molecule has 0 amide bonds. The minimum atomic E-state index is 0. The van der Waals surface area contributed by atoms with Gasteiger partial charge >= 0.3 is 0 Å². The van der Waals surface area contributed by atoms with E-state index >= 15 is 0 Å². The molecule has 2 N–H and O–H groups in total. The molecule has 0 aliphatic carbocycles. The molecule has 0 saturated heterocycles. The Morgan fingerprint density at radius 1 is 1.16 bits per heavy atom. The topological polar surface area (TPSA) is 75.3 Å². The summed E-state index contributed by atoms with van der Waals surface area (Å²) < 4.78 is 5.20. The second kappa shape index (κ2) is 10.7. The van der Waals surface area contributed by atoms with Crippen molar-refractivity contribution in [2.75, 3.05) is 13.1 Å². The molecule has 0 aliphatic rings. The molecule has 25 heavy (non-hydrogen) atoms. The third-order valence-corrected chi connectivity index (χ3v) is 4.86. The Morgan fingerprint density at radius 3 is 2.48 bits per heavy atom. The van der Waals surface area contributed by atoms with Crippen molar-refractivity contribution in [3.05, 3.63) is 32.6 Å². The van der Waals surface area contributed by atoms with Crippen LogP contribution in [0.1, 0.15) is 45.9 Å². The SMILES string of the molecule is CCNC(=NCc1sc(C)nc1C)NCCCc1c(C)noc1C.I. The van der Waals surface area contributed by atoms with Crippen LogP contribution in [0, 0.1) is 27.7 Å². The molecule has 0 fully saturated rings. The van der Waals surface area contributed by atoms with E-state index in [1.807, 2.05) is 27.7 Å². The molecule has 0 radical (unpaired) electrons. The molecule has 0 spiro atoms. The van der Waals surface area contributed by atoms with Crippen molar-refractivity contribution in [2.45, 2.75) is 54.0 Å². The molecule has 8 heteroatoms. The fourth-order valence-corrected chi connectivity index (χ4v) is 3.41. The lowest BCUT2D eigenvalue weighted by Crippen LogP contribution is -2.37. The number of aryl methyl sites for hydroxylation is 4. The Kier molecular flexibility index (Phi) is 9.41. The van der Waals surface area contributed by atoms with Gasteiger partial charge in [-0.05, 0) is 47.5 Å². The van der Waals surface area contributed by atoms with Gasteiger partial charge in [0, 0.05) is 23.5 Å². The van der Waals surface area contributed by atoms with E-state index in [2.05, 4.69) is 32.7 Å². The second-order valence-electron chi connectivity index (χ2n) is 5.77. The first-order valence-corrected chi connectivity index (χ1v) is 9.19. The number of hydrogen-bond acceptors (Lipinski definition) is 5. The quantitative estimate of drug-likeness (QED) is 0.276. The molecule has 6 nitrogen and oxygen atoms in total. The fourth-order valence-electron chi connectivity index (χ4n) is 2.54. The highest BCUT2D eigenvalue weighted by molar-refractivity contribution is 14.0. The summed E-state index contributed by atoms with van der Waals surface area (Å²) in [5.41, 5.74) is 3.29. The number of nitrogens with one attached hydrogen (secondary N) is 2. The molecule has 2 aromatic rings. The van der Waals surface area contributed by atoms with Gasteiger partial charge in [0.1, 0.15) is 5.76 Å². The van der Waals surface area contributed by atoms with Gasteiger partial charge in [-0.3, -0.25) is 0 Å². The zero-order valence-corrected chi connectivity index (χ0v) is 18.7. The number of guanidine groups is 1. The molecule has 2 aromatic heterocycles. The van der Waals surface area contributed by atoms with Crippen LogP contribution >= 0.6 is 35.3 Å². The van der Waals surface area contributed by atoms with E-state index < -0.39 is 0 Å². The van der Waals surface area contributed by atoms with E-state index in [4.69, 9.17) is 4.52 Å². The summed E-state index contributed by atoms with van der Waals surface area (Å²) in [6.07, 6.45) is 1.97. The molecule has 0 bridgehead atoms. The molecule has 140 valence electrons. The fraction of sp³-hybridized carbons (Fsp3) is 0.588. The zero-order chi connectivity index (χ0) is 17.5. The Balaban J connectivity index is 0.00000312. The molecule has 0 atom stereocenters. The van der Waals surface area contributed by atoms with Crippen LogP contribution in [-0.4, -0.2) is 29.2 Å². The lowest BCUT2D eigenvalue weighted by Gasteiger charge is -2.11. The number of thiazole rings is 1. The summed E-state index contributed by atoms with van der Waals surface area (Å²) in [7, 11) is 0. The monoisotopic (exact) mass is 477 g/mol. The highest BCUT2D eigenvalue weighted by Gasteiger charge is 2.08. The van der Waals surface area contributed by atoms with Crippen LogP contribution in [0.3, 0.4) is 0 Å². The largest absolute Gasteiger partial charge is 0.361 e. The van der Waals surface area contributed by atoms with Crippen molar-refractivity contribution in [1.29, 1.82) is 0 Å². The van der Waals surface area contributed by atoms with Gasteiger partial charge in [0.25, 0.3) is 0 Å². The first-order valence-electron chi connectivity index (χ1n) is 8.38. The van der Waals surface area contributed by atoms with E-state index in [-0.39, 0.29) is 24.0 Å². The molecule has 0 unspecified atom stereocenters. The third kappa shape index (κ3) is 6.58. The average molecular weight is 477 g/mol. The van der Waals surface area contributed by atoms with Crippen LogP contribution in [0.15, 0.2) is 9.52 Å². The van der Waals surface area contributed by atoms with Gasteiger partial charge in [0.2, 0.25) is 0 Å². The summed E-state index contributed by atoms with van der Waals surface area (Å²) in [5, 5.41) is 11.8. The number of halogens is 1. The number of aliphatic imine (C=N–C) groups is 1. The summed E-state index contributed by atoms with van der Waals surface area (Å²) in [4.78, 5) is 10.3. The first kappa shape index (κ1) is 21.9. The van der Waals surface area contributed by atoms with Crippen molar-refractivity contribution in [3.8, 4) is 0 Å². The third-order valence-electron chi connectivity index (χ3n) is 3.80. The van der Waals surface area contributed by atoms with Gasteiger partial charge in [0.15, 0.2) is 5.96 Å². The zero-order valence-electron chi connectivity index (χ0n) is 15.6. The predicted octanol–water partition coefficient (Wildman–Crippen LogP) is 3.67. The van der Waals surface area contributed by atoms with Crippen molar-refractivity contribution in [3.63, 3.8) is 0 Å². The van der Waals surface area contributed by atoms with E-state index in [9.17, 15) is 0 Å². The Bertz CT molecular complexity index is 676. The van der Waals surface area contributed by atoms with Crippen LogP contribution in [0.5, 0.6) is 0 Å². The van der Waals surface area contributed by atoms with Crippen molar-refractivity contribution in [2.24, 2.45) is 4.99 Å². The average Bonchev–Trinajstić information content (AvgIpc) is 3.03. The van der Waals surface area contributed by atoms with E-state index in [0.717, 1.165) is 54.0 Å². The maximum atomic E-state index is 5.20. The summed E-state index contributed by atoms with van der Waals surface area (Å²) >= 11 is 1.71. The molecule has 2 rings (SSSR count). The van der Waals surface area contributed by atoms with Gasteiger partial charge in [-0.1, -0.05) is 5.16 Å². The van der Waals surface area contributed by atoms with Crippen LogP contribution in [0.4, 0.5) is 0 Å². The number of hydrogen-bond donors (Lipinski definition) is 2. The van der Waals surface area contributed by atoms with E-state index in [1.165, 1.54) is 10.4 Å². The van der Waals surface area contributed by atoms with Gasteiger partial charge in [-0.2, -0.15) is 0 Å². The Morgan fingerprint density at radius 2 is 1.92 bits per heavy atom. The van der Waals surface area contributed by atoms with Crippen LogP contribution < -0.4 is 10.6 Å². The number of rotatable bonds is 7. The maximum Gasteiger partial charge on any atom is 0.191 e. The number of aromatic nitrogens is 2. The predicted molar refractivity (Wildman–Crippen MR) is 114 cm³/mol. The van der Waals surface area contributed by atoms with Gasteiger partial charge < -0.3 is 15.2 Å². The molecular formula is C17H28IN5OS. The second-order valence-corrected chi connectivity index (χ2v) is 7.06. The molecule has 0 saturated carbocycles. The Labute approximate surface area is 170 Å². The highest BCUT2D eigenvalue weighted by atomic mass is 127. The van der Waals surface area contributed by atoms with Gasteiger partial charge in [-0.15, -0.1) is 35.3 Å². The highest BCUT2D eigenvalue weighted by Crippen LogP contribution is 2.17. The number of nitrogens with zero attached hydrogens (tertiary/aromatic N) is 3. The minimum Gasteiger partial charge on any atom is -0.361 e. The van der Waals surface area contributed by atoms with Crippen molar-refractivity contribution >= 4 is 41.3 Å². The summed E-state index contributed by atoms with van der Waals surface area (Å²) in [6, 6.07) is 0. The van der Waals surface area contributed by atoms with Crippen molar-refractivity contribution in [1.82, 2.24) is 20.8 Å². The van der Waals surface area contributed by atoms with Crippen LogP contribution in [-0.2, 0) is 13.0 Å². The minimum absolute atomic E-state index is 0. The summed E-state index contributed by atoms with van der Waals surface area (Å²) in [5.74, 6) is 1.77. The standard InChI is InChI=1S/C17H27N5OS.HI/c1-6-18-17(20-10-16-12(3)21-14(5)24-16)19-9-7-8-15-11(2)22-23-13(15)4;/h6-10H2,1-5H3,(H2,18,19,20);1H. The smallest absolute Gasteiger partial charge is 0.191 e. The van der Waals surface area contributed by atoms with E-state index in [0.29, 0.717) is 6.54 Å². The molecule has 0 aliphatic heterocycles. The maximum absolute atomic E-state index is 5.20. The van der Waals surface area contributed by atoms with E-state index in [1.54, 1.807) is 11.3 Å². The summed E-state index contributed by atoms with van der Waals surface area (Å²) in [6.45, 7) is 12.5. The van der Waals surface area contributed by atoms with Crippen LogP contribution in [0.25, 0.3) is 0 Å². The lowest BCUT2D eigenvalue weighted by molar-refractivity contribution is 0.392. The van der Waals surface area contributed by atoms with Gasteiger partial charge in [0.05, 0.1) is 22.9 Å². The molecule has 2 heterocycles. The lowest BCUT2D eigenvalue weighted by atomic mass is 10.1. The first-order chi connectivity index (χ1) is 11.5.